The van der Waals surface area contributed by atoms with E-state index >= 15 is 0 Å². The summed E-state index contributed by atoms with van der Waals surface area (Å²) in [6, 6.07) is 8.28. The zero-order valence-electron chi connectivity index (χ0n) is 34.5. The molecule has 60 heavy (non-hydrogen) atoms. The van der Waals surface area contributed by atoms with Crippen molar-refractivity contribution >= 4 is 53.4 Å². The first-order chi connectivity index (χ1) is 28.4. The van der Waals surface area contributed by atoms with Gasteiger partial charge in [0, 0.05) is 18.7 Å². The number of carbonyl (C=O) groups excluding carboxylic acids is 7. The number of carboxylic acid groups (broad SMARTS) is 2. The number of benzene rings is 2. The zero-order chi connectivity index (χ0) is 44.5. The second-order valence-corrected chi connectivity index (χ2v) is 15.5. The highest BCUT2D eigenvalue weighted by atomic mass is 16.5. The van der Waals surface area contributed by atoms with E-state index in [1.807, 2.05) is 27.7 Å². The summed E-state index contributed by atoms with van der Waals surface area (Å²) in [6.45, 7) is 8.82. The number of ether oxygens (including phenoxy) is 1. The Balaban J connectivity index is 1.71. The van der Waals surface area contributed by atoms with Gasteiger partial charge in [-0.25, -0.2) is 14.4 Å². The standard InChI is InChI=1S/C42H56N6O12/c1-6-10-30(35(50)38(53)43-22-32(49)46-34(41(57)58)26-11-8-7-9-12-26)44-36(51)31(21-24(2)3)45-37(52)33(47-42(59)60-23-25(4)5)27-17-19-48(20-18-27)39(54)28-13-15-29(16-14-28)40(55)56/h7-9,11-16,24-25,27,30-31,33-34H,6,10,17-23H2,1-5H3,(H,43,53)(H,44,51)(H,45,52)(H,46,49)(H,47,59)(H,55,56)(H,57,58)/t30?,31-,33-,34-/m0/s1. The minimum absolute atomic E-state index is 0.00269. The van der Waals surface area contributed by atoms with Crippen LogP contribution in [0.25, 0.3) is 0 Å². The van der Waals surface area contributed by atoms with E-state index in [9.17, 15) is 53.4 Å². The van der Waals surface area contributed by atoms with Crippen molar-refractivity contribution in [3.05, 3.63) is 71.3 Å². The maximum atomic E-state index is 14.1. The largest absolute Gasteiger partial charge is 0.479 e. The monoisotopic (exact) mass is 836 g/mol. The van der Waals surface area contributed by atoms with Crippen LogP contribution in [0.1, 0.15) is 99.0 Å². The number of aromatic carboxylic acids is 1. The maximum absolute atomic E-state index is 14.1. The van der Waals surface area contributed by atoms with Crippen LogP contribution in [-0.2, 0) is 33.5 Å². The fourth-order valence-corrected chi connectivity index (χ4v) is 6.53. The molecule has 2 aromatic rings. The van der Waals surface area contributed by atoms with Gasteiger partial charge < -0.3 is 46.4 Å². The smallest absolute Gasteiger partial charge is 0.407 e. The number of ketones is 1. The molecule has 1 heterocycles. The highest BCUT2D eigenvalue weighted by Gasteiger charge is 2.37. The number of amides is 6. The molecule has 0 saturated carbocycles. The molecule has 0 aliphatic carbocycles. The summed E-state index contributed by atoms with van der Waals surface area (Å²) >= 11 is 0. The van der Waals surface area contributed by atoms with Crippen LogP contribution >= 0.6 is 0 Å². The Kier molecular flexibility index (Phi) is 18.7. The first-order valence-electron chi connectivity index (χ1n) is 20.0. The molecule has 3 rings (SSSR count). The summed E-state index contributed by atoms with van der Waals surface area (Å²) in [6.07, 6.45) is 0.230. The van der Waals surface area contributed by atoms with Crippen molar-refractivity contribution in [2.75, 3.05) is 26.2 Å². The van der Waals surface area contributed by atoms with Gasteiger partial charge in [-0.05, 0) is 73.3 Å². The summed E-state index contributed by atoms with van der Waals surface area (Å²) in [5.74, 6) is -8.01. The van der Waals surface area contributed by atoms with Gasteiger partial charge in [0.1, 0.15) is 12.1 Å². The number of hydrogen-bond acceptors (Lipinski definition) is 10. The van der Waals surface area contributed by atoms with E-state index in [2.05, 4.69) is 26.6 Å². The van der Waals surface area contributed by atoms with Crippen molar-refractivity contribution in [3.63, 3.8) is 0 Å². The zero-order valence-corrected chi connectivity index (χ0v) is 34.5. The van der Waals surface area contributed by atoms with Gasteiger partial charge in [-0.3, -0.25) is 28.8 Å². The summed E-state index contributed by atoms with van der Waals surface area (Å²) in [7, 11) is 0. The first kappa shape index (κ1) is 48.0. The molecule has 1 saturated heterocycles. The van der Waals surface area contributed by atoms with Crippen molar-refractivity contribution in [1.29, 1.82) is 0 Å². The SMILES string of the molecule is CCCC(NC(=O)[C@H](CC(C)C)NC(=O)[C@@H](NC(=O)OCC(C)C)C1CCN(C(=O)c2ccc(C(=O)O)cc2)CC1)C(=O)C(=O)NCC(=O)N[C@H](C(=O)O)c1ccccc1. The fraction of sp³-hybridized carbons (Fsp3) is 0.500. The Morgan fingerprint density at radius 2 is 1.35 bits per heavy atom. The minimum Gasteiger partial charge on any atom is -0.479 e. The molecule has 1 unspecified atom stereocenters. The number of rotatable bonds is 21. The quantitative estimate of drug-likeness (QED) is 0.0895. The predicted octanol–water partition coefficient (Wildman–Crippen LogP) is 2.43. The molecule has 1 fully saturated rings. The summed E-state index contributed by atoms with van der Waals surface area (Å²) in [4.78, 5) is 117. The lowest BCUT2D eigenvalue weighted by Gasteiger charge is -2.36. The molecule has 0 aromatic heterocycles. The van der Waals surface area contributed by atoms with Crippen molar-refractivity contribution in [1.82, 2.24) is 31.5 Å². The van der Waals surface area contributed by atoms with Gasteiger partial charge in [0.25, 0.3) is 11.8 Å². The molecule has 18 heteroatoms. The number of nitrogens with zero attached hydrogens (tertiary/aromatic N) is 1. The van der Waals surface area contributed by atoms with Crippen molar-refractivity contribution < 1.29 is 58.1 Å². The maximum Gasteiger partial charge on any atom is 0.407 e. The number of Topliss-reactive ketones (excluding diaryl/α,β-unsaturated/α-hetero) is 1. The van der Waals surface area contributed by atoms with Crippen LogP contribution in [0, 0.1) is 17.8 Å². The lowest BCUT2D eigenvalue weighted by Crippen LogP contribution is -2.59. The average Bonchev–Trinajstić information content (AvgIpc) is 3.22. The number of nitrogens with one attached hydrogen (secondary N) is 5. The molecule has 0 spiro atoms. The van der Waals surface area contributed by atoms with Gasteiger partial charge in [0.15, 0.2) is 6.04 Å². The number of hydrogen-bond donors (Lipinski definition) is 7. The van der Waals surface area contributed by atoms with Gasteiger partial charge in [-0.2, -0.15) is 0 Å². The molecule has 0 bridgehead atoms. The second-order valence-electron chi connectivity index (χ2n) is 15.5. The molecule has 6 amide bonds. The average molecular weight is 837 g/mol. The summed E-state index contributed by atoms with van der Waals surface area (Å²) < 4.78 is 5.31. The third-order valence-corrected chi connectivity index (χ3v) is 9.65. The third kappa shape index (κ3) is 14.8. The lowest BCUT2D eigenvalue weighted by atomic mass is 9.88. The summed E-state index contributed by atoms with van der Waals surface area (Å²) in [5.41, 5.74) is 0.622. The van der Waals surface area contributed by atoms with Gasteiger partial charge in [0.2, 0.25) is 23.5 Å². The normalized spacial score (nSPS) is 14.8. The number of aliphatic carboxylic acids is 1. The van der Waals surface area contributed by atoms with E-state index < -0.39 is 84.1 Å². The molecule has 1 aliphatic rings. The van der Waals surface area contributed by atoms with Crippen LogP contribution in [0.3, 0.4) is 0 Å². The van der Waals surface area contributed by atoms with Gasteiger partial charge in [-0.1, -0.05) is 71.4 Å². The van der Waals surface area contributed by atoms with Gasteiger partial charge in [-0.15, -0.1) is 0 Å². The molecule has 326 valence electrons. The third-order valence-electron chi connectivity index (χ3n) is 9.65. The van der Waals surface area contributed by atoms with Crippen molar-refractivity contribution in [3.8, 4) is 0 Å². The fourth-order valence-electron chi connectivity index (χ4n) is 6.53. The number of likely N-dealkylation sites (tertiary alicyclic amines) is 1. The first-order valence-corrected chi connectivity index (χ1v) is 20.0. The molecule has 2 aromatic carbocycles. The number of piperidine rings is 1. The van der Waals surface area contributed by atoms with Crippen molar-refractivity contribution in [2.24, 2.45) is 17.8 Å². The highest BCUT2D eigenvalue weighted by Crippen LogP contribution is 2.24. The molecule has 18 nitrogen and oxygen atoms in total. The van der Waals surface area contributed by atoms with Crippen LogP contribution in [0.2, 0.25) is 0 Å². The molecular formula is C42H56N6O12. The Morgan fingerprint density at radius 1 is 0.750 bits per heavy atom. The second kappa shape index (κ2) is 23.3. The van der Waals surface area contributed by atoms with E-state index in [0.29, 0.717) is 17.5 Å². The van der Waals surface area contributed by atoms with Crippen LogP contribution in [0.15, 0.2) is 54.6 Å². The number of carbonyl (C=O) groups is 9. The van der Waals surface area contributed by atoms with Crippen LogP contribution in [0.5, 0.6) is 0 Å². The van der Waals surface area contributed by atoms with Crippen molar-refractivity contribution in [2.45, 2.75) is 90.9 Å². The van der Waals surface area contributed by atoms with E-state index in [4.69, 9.17) is 4.74 Å². The van der Waals surface area contributed by atoms with E-state index in [0.717, 1.165) is 0 Å². The van der Waals surface area contributed by atoms with Crippen LogP contribution in [-0.4, -0.2) is 113 Å². The highest BCUT2D eigenvalue weighted by molar-refractivity contribution is 6.38. The molecule has 0 radical (unpaired) electrons. The Morgan fingerprint density at radius 3 is 1.90 bits per heavy atom. The molecule has 4 atom stereocenters. The van der Waals surface area contributed by atoms with Crippen LogP contribution in [0.4, 0.5) is 4.79 Å². The topological polar surface area (TPSA) is 267 Å². The number of alkyl carbamates (subject to hydrolysis) is 1. The molecule has 7 N–H and O–H groups in total. The van der Waals surface area contributed by atoms with Crippen LogP contribution < -0.4 is 26.6 Å². The predicted molar refractivity (Wildman–Crippen MR) is 216 cm³/mol. The Hall–Kier alpha value is -6.33. The summed E-state index contributed by atoms with van der Waals surface area (Å²) in [5, 5.41) is 31.2. The molecule has 1 aliphatic heterocycles. The van der Waals surface area contributed by atoms with E-state index in [-0.39, 0.29) is 68.7 Å². The number of carboxylic acids is 2. The van der Waals surface area contributed by atoms with E-state index in [1.165, 1.54) is 36.4 Å². The Labute approximate surface area is 348 Å². The molecular weight excluding hydrogens is 780 g/mol. The lowest BCUT2D eigenvalue weighted by molar-refractivity contribution is -0.142. The van der Waals surface area contributed by atoms with Gasteiger partial charge >= 0.3 is 18.0 Å². The van der Waals surface area contributed by atoms with E-state index in [1.54, 1.807) is 30.0 Å². The Bertz CT molecular complexity index is 1840. The minimum atomic E-state index is -1.40. The van der Waals surface area contributed by atoms with Gasteiger partial charge in [0.05, 0.1) is 24.8 Å².